The number of rotatable bonds is 4. The molecule has 0 radical (unpaired) electrons. The minimum Gasteiger partial charge on any atom is -0.459 e. The van der Waals surface area contributed by atoms with Crippen molar-refractivity contribution in [2.75, 3.05) is 45.9 Å². The first kappa shape index (κ1) is 21.4. The average molecular weight is 498 g/mol. The fourth-order valence-corrected chi connectivity index (χ4v) is 4.12. The fourth-order valence-electron chi connectivity index (χ4n) is 4.12. The van der Waals surface area contributed by atoms with Gasteiger partial charge in [0.05, 0.1) is 13.2 Å². The molecule has 28 heavy (non-hydrogen) atoms. The molecule has 4 rings (SSSR count). The van der Waals surface area contributed by atoms with Gasteiger partial charge in [0, 0.05) is 49.7 Å². The van der Waals surface area contributed by atoms with Crippen molar-refractivity contribution < 1.29 is 9.15 Å². The van der Waals surface area contributed by atoms with E-state index >= 15 is 0 Å². The van der Waals surface area contributed by atoms with Crippen LogP contribution >= 0.6 is 24.0 Å². The highest BCUT2D eigenvalue weighted by Gasteiger charge is 2.30. The van der Waals surface area contributed by atoms with E-state index in [0.717, 1.165) is 63.2 Å². The van der Waals surface area contributed by atoms with E-state index in [2.05, 4.69) is 41.1 Å². The normalized spacial score (nSPS) is 21.1. The summed E-state index contributed by atoms with van der Waals surface area (Å²) in [5, 5.41) is 4.64. The fraction of sp³-hybridized carbons (Fsp3) is 0.571. The van der Waals surface area contributed by atoms with E-state index in [-0.39, 0.29) is 24.0 Å². The zero-order valence-corrected chi connectivity index (χ0v) is 19.1. The summed E-state index contributed by atoms with van der Waals surface area (Å²) in [6.07, 6.45) is 1.19. The Morgan fingerprint density at radius 2 is 2.00 bits per heavy atom. The van der Waals surface area contributed by atoms with Crippen LogP contribution in [0.5, 0.6) is 0 Å². The summed E-state index contributed by atoms with van der Waals surface area (Å²) in [4.78, 5) is 9.85. The third-order valence-corrected chi connectivity index (χ3v) is 5.67. The van der Waals surface area contributed by atoms with Gasteiger partial charge in [-0.1, -0.05) is 18.2 Å². The molecule has 3 heterocycles. The lowest BCUT2D eigenvalue weighted by atomic mass is 10.1. The molecule has 7 heteroatoms. The van der Waals surface area contributed by atoms with Crippen LogP contribution in [0.3, 0.4) is 0 Å². The first-order valence-corrected chi connectivity index (χ1v) is 10.1. The smallest absolute Gasteiger partial charge is 0.194 e. The molecule has 0 amide bonds. The van der Waals surface area contributed by atoms with Gasteiger partial charge in [-0.25, -0.2) is 4.99 Å². The van der Waals surface area contributed by atoms with E-state index in [4.69, 9.17) is 14.1 Å². The molecular weight excluding hydrogens is 467 g/mol. The Hall–Kier alpha value is -1.32. The third-order valence-electron chi connectivity index (χ3n) is 5.67. The van der Waals surface area contributed by atoms with Gasteiger partial charge in [-0.05, 0) is 26.3 Å². The van der Waals surface area contributed by atoms with E-state index in [0.29, 0.717) is 12.6 Å². The average Bonchev–Trinajstić information content (AvgIpc) is 3.32. The predicted octanol–water partition coefficient (Wildman–Crippen LogP) is 3.23. The van der Waals surface area contributed by atoms with Gasteiger partial charge in [-0.3, -0.25) is 4.90 Å². The molecule has 2 fully saturated rings. The minimum absolute atomic E-state index is 0. The maximum absolute atomic E-state index is 6.03. The minimum atomic E-state index is 0. The molecule has 2 aliphatic rings. The molecule has 0 spiro atoms. The Morgan fingerprint density at radius 1 is 1.21 bits per heavy atom. The van der Waals surface area contributed by atoms with E-state index < -0.39 is 0 Å². The van der Waals surface area contributed by atoms with E-state index in [1.54, 1.807) is 0 Å². The Morgan fingerprint density at radius 3 is 2.75 bits per heavy atom. The molecule has 2 saturated heterocycles. The van der Waals surface area contributed by atoms with Gasteiger partial charge < -0.3 is 19.4 Å². The highest BCUT2D eigenvalue weighted by Crippen LogP contribution is 2.25. The lowest BCUT2D eigenvalue weighted by Gasteiger charge is -2.32. The van der Waals surface area contributed by atoms with Crippen molar-refractivity contribution in [2.24, 2.45) is 4.99 Å². The van der Waals surface area contributed by atoms with Gasteiger partial charge in [0.1, 0.15) is 17.9 Å². The molecule has 2 aliphatic heterocycles. The molecule has 0 bridgehead atoms. The maximum atomic E-state index is 6.03. The van der Waals surface area contributed by atoms with Gasteiger partial charge in [0.2, 0.25) is 0 Å². The predicted molar refractivity (Wildman–Crippen MR) is 124 cm³/mol. The van der Waals surface area contributed by atoms with E-state index in [9.17, 15) is 0 Å². The maximum Gasteiger partial charge on any atom is 0.194 e. The summed E-state index contributed by atoms with van der Waals surface area (Å²) in [6, 6.07) is 8.80. The van der Waals surface area contributed by atoms with Crippen molar-refractivity contribution in [2.45, 2.75) is 32.9 Å². The number of benzene rings is 1. The number of morpholine rings is 1. The zero-order valence-electron chi connectivity index (χ0n) is 16.8. The lowest BCUT2D eigenvalue weighted by Crippen LogP contribution is -2.46. The second-order valence-electron chi connectivity index (χ2n) is 7.35. The van der Waals surface area contributed by atoms with Crippen LogP contribution in [0.15, 0.2) is 33.7 Å². The summed E-state index contributed by atoms with van der Waals surface area (Å²) >= 11 is 0. The van der Waals surface area contributed by atoms with Crippen LogP contribution in [0.2, 0.25) is 0 Å². The number of hydrogen-bond donors (Lipinski definition) is 1. The summed E-state index contributed by atoms with van der Waals surface area (Å²) in [5.74, 6) is 1.95. The Bertz CT molecular complexity index is 801. The Labute approximate surface area is 184 Å². The number of ether oxygens (including phenoxy) is 1. The number of nitrogens with one attached hydrogen (secondary N) is 1. The first-order chi connectivity index (χ1) is 13.3. The highest BCUT2D eigenvalue weighted by molar-refractivity contribution is 14.0. The SMILES string of the molecule is CCNC(=NCc1oc2ccccc2c1C)N1CCC(N2CCOCC2)C1.I. The summed E-state index contributed by atoms with van der Waals surface area (Å²) in [5.41, 5.74) is 2.14. The van der Waals surface area contributed by atoms with Crippen molar-refractivity contribution in [1.29, 1.82) is 0 Å². The van der Waals surface area contributed by atoms with Gasteiger partial charge in [0.25, 0.3) is 0 Å². The van der Waals surface area contributed by atoms with Crippen molar-refractivity contribution in [3.05, 3.63) is 35.6 Å². The van der Waals surface area contributed by atoms with Crippen LogP contribution in [0.25, 0.3) is 11.0 Å². The lowest BCUT2D eigenvalue weighted by molar-refractivity contribution is 0.0195. The number of hydrogen-bond acceptors (Lipinski definition) is 4. The summed E-state index contributed by atoms with van der Waals surface area (Å²) < 4.78 is 11.5. The van der Waals surface area contributed by atoms with E-state index in [1.807, 2.05) is 12.1 Å². The standard InChI is InChI=1S/C21H30N4O2.HI/c1-3-22-21(25-9-8-17(15-25)24-10-12-26-13-11-24)23-14-20-16(2)18-6-4-5-7-19(18)27-20;/h4-7,17H,3,8-15H2,1-2H3,(H,22,23);1H. The zero-order chi connectivity index (χ0) is 18.6. The van der Waals surface area contributed by atoms with Gasteiger partial charge in [-0.15, -0.1) is 24.0 Å². The number of aryl methyl sites for hydroxylation is 1. The molecule has 6 nitrogen and oxygen atoms in total. The van der Waals surface area contributed by atoms with Crippen molar-refractivity contribution >= 4 is 40.9 Å². The molecule has 154 valence electrons. The van der Waals surface area contributed by atoms with Crippen LogP contribution in [0.1, 0.15) is 24.7 Å². The molecule has 1 atom stereocenters. The molecule has 0 aliphatic carbocycles. The molecule has 0 saturated carbocycles. The number of nitrogens with zero attached hydrogens (tertiary/aromatic N) is 3. The van der Waals surface area contributed by atoms with Crippen molar-refractivity contribution in [3.8, 4) is 0 Å². The van der Waals surface area contributed by atoms with E-state index in [1.165, 1.54) is 17.4 Å². The molecule has 1 N–H and O–H groups in total. The summed E-state index contributed by atoms with van der Waals surface area (Å²) in [6.45, 7) is 11.6. The summed E-state index contributed by atoms with van der Waals surface area (Å²) in [7, 11) is 0. The van der Waals surface area contributed by atoms with Crippen LogP contribution in [0, 0.1) is 6.92 Å². The monoisotopic (exact) mass is 498 g/mol. The highest BCUT2D eigenvalue weighted by atomic mass is 127. The Kier molecular flexibility index (Phi) is 7.59. The largest absolute Gasteiger partial charge is 0.459 e. The van der Waals surface area contributed by atoms with Crippen molar-refractivity contribution in [3.63, 3.8) is 0 Å². The van der Waals surface area contributed by atoms with Crippen LogP contribution in [-0.2, 0) is 11.3 Å². The van der Waals surface area contributed by atoms with Gasteiger partial charge >= 0.3 is 0 Å². The number of fused-ring (bicyclic) bond motifs is 1. The van der Waals surface area contributed by atoms with Gasteiger partial charge in [-0.2, -0.15) is 0 Å². The topological polar surface area (TPSA) is 53.2 Å². The number of likely N-dealkylation sites (tertiary alicyclic amines) is 1. The number of para-hydroxylation sites is 1. The molecule has 1 unspecified atom stereocenters. The van der Waals surface area contributed by atoms with Crippen LogP contribution in [0.4, 0.5) is 0 Å². The first-order valence-electron chi connectivity index (χ1n) is 10.1. The Balaban J connectivity index is 0.00000225. The number of aliphatic imine (C=N–C) groups is 1. The second-order valence-corrected chi connectivity index (χ2v) is 7.35. The third kappa shape index (κ3) is 4.63. The van der Waals surface area contributed by atoms with Crippen LogP contribution < -0.4 is 5.32 Å². The number of halogens is 1. The second kappa shape index (κ2) is 9.93. The van der Waals surface area contributed by atoms with Crippen molar-refractivity contribution in [1.82, 2.24) is 15.1 Å². The molecule has 1 aromatic carbocycles. The molecule has 1 aromatic heterocycles. The molecule has 2 aromatic rings. The molecular formula is C21H31IN4O2. The number of guanidine groups is 1. The van der Waals surface area contributed by atoms with Gasteiger partial charge in [0.15, 0.2) is 5.96 Å². The quantitative estimate of drug-likeness (QED) is 0.399. The number of furan rings is 1. The van der Waals surface area contributed by atoms with Crippen LogP contribution in [-0.4, -0.2) is 67.7 Å².